The summed E-state index contributed by atoms with van der Waals surface area (Å²) in [6.07, 6.45) is 14.0. The number of fused-ring (bicyclic) bond motifs is 10. The smallest absolute Gasteiger partial charge is 0.390 e. The Bertz CT molecular complexity index is 3520. The molecular formula is C75H106F6O11S3. The van der Waals surface area contributed by atoms with E-state index in [0.717, 1.165) is 113 Å². The van der Waals surface area contributed by atoms with Crippen LogP contribution in [0.3, 0.4) is 0 Å². The second kappa shape index (κ2) is 28.4. The van der Waals surface area contributed by atoms with E-state index in [2.05, 4.69) is 51.0 Å². The third-order valence-electron chi connectivity index (χ3n) is 25.8. The average molecular weight is 1390 g/mol. The first-order valence-corrected chi connectivity index (χ1v) is 39.7. The van der Waals surface area contributed by atoms with Gasteiger partial charge >= 0.3 is 12.4 Å². The zero-order valence-corrected chi connectivity index (χ0v) is 59.6. The predicted molar refractivity (Wildman–Crippen MR) is 357 cm³/mol. The third-order valence-corrected chi connectivity index (χ3v) is 31.0. The highest BCUT2D eigenvalue weighted by molar-refractivity contribution is 7.92. The number of hydrogen-bond acceptors (Lipinski definition) is 11. The molecule has 8 aliphatic carbocycles. The van der Waals surface area contributed by atoms with E-state index in [0.29, 0.717) is 65.6 Å². The second-order valence-electron chi connectivity index (χ2n) is 31.5. The monoisotopic (exact) mass is 1390 g/mol. The summed E-state index contributed by atoms with van der Waals surface area (Å²) in [7, 11) is -11.6. The predicted octanol–water partition coefficient (Wildman–Crippen LogP) is 16.7. The van der Waals surface area contributed by atoms with Gasteiger partial charge in [-0.1, -0.05) is 119 Å². The zero-order chi connectivity index (χ0) is 69.8. The molecule has 0 amide bonds. The van der Waals surface area contributed by atoms with E-state index in [1.54, 1.807) is 42.8 Å². The number of aliphatic hydroxyl groups is 4. The Balaban J connectivity index is 0.000000179. The summed E-state index contributed by atoms with van der Waals surface area (Å²) in [4.78, 5) is 0.199. The molecule has 20 heteroatoms. The van der Waals surface area contributed by atoms with Crippen LogP contribution in [0.1, 0.15) is 196 Å². The van der Waals surface area contributed by atoms with Crippen LogP contribution < -0.4 is 0 Å². The number of sulfone groups is 2. The van der Waals surface area contributed by atoms with E-state index in [4.69, 9.17) is 5.11 Å². The maximum Gasteiger partial charge on any atom is 0.419 e. The maximum absolute atomic E-state index is 13.8. The number of benzene rings is 3. The summed E-state index contributed by atoms with van der Waals surface area (Å²) in [6.45, 7) is 14.9. The topological polar surface area (TPSA) is 193 Å². The van der Waals surface area contributed by atoms with Gasteiger partial charge in [-0.05, 0) is 267 Å². The molecule has 0 spiro atoms. The van der Waals surface area contributed by atoms with Crippen LogP contribution in [-0.4, -0.2) is 98.0 Å². The Morgan fingerprint density at radius 2 is 1.00 bits per heavy atom. The Kier molecular flexibility index (Phi) is 22.6. The van der Waals surface area contributed by atoms with Crippen LogP contribution in [0.2, 0.25) is 0 Å². The lowest BCUT2D eigenvalue weighted by Gasteiger charge is -2.55. The van der Waals surface area contributed by atoms with E-state index in [9.17, 15) is 66.9 Å². The second-order valence-corrected chi connectivity index (χ2v) is 37.5. The van der Waals surface area contributed by atoms with E-state index in [-0.39, 0.29) is 39.2 Å². The van der Waals surface area contributed by atoms with Gasteiger partial charge < -0.3 is 20.4 Å². The van der Waals surface area contributed by atoms with Crippen LogP contribution in [0.5, 0.6) is 0 Å². The van der Waals surface area contributed by atoms with Crippen molar-refractivity contribution in [2.75, 3.05) is 12.4 Å². The molecule has 6 fully saturated rings. The van der Waals surface area contributed by atoms with Crippen LogP contribution in [0, 0.1) is 88.8 Å². The van der Waals surface area contributed by atoms with Crippen molar-refractivity contribution in [3.63, 3.8) is 0 Å². The highest BCUT2D eigenvalue weighted by atomic mass is 32.2. The van der Waals surface area contributed by atoms with Crippen molar-refractivity contribution in [1.82, 2.24) is 0 Å². The summed E-state index contributed by atoms with van der Waals surface area (Å²) < 4.78 is 159. The highest BCUT2D eigenvalue weighted by Crippen LogP contribution is 2.67. The SMILES string of the molecule is CC[C@]1(O)CC[C@H]2C(=CC[C@@H]3[C@@H]2CC[C@]2(C)[C@@H]([C@H](C)CC(C[C@](C)(O)C(F)(F)F)S(=O)(=O)c4ccccc4)CC[C@@H]32)C1.CC[C@]1(O)CC[C@H]2C(=CC[C@@H]3[C@@H]2CC[C@]2(C)[C@@H]([C@H](C)CCS(=O)(=O)c4ccccc4)CC[C@@H]32)C1.Cc1ccc(S(=O)(=O)OC[C@](C)(O)C(F)(F)F)cc1. The lowest BCUT2D eigenvalue weighted by molar-refractivity contribution is -0.260. The molecule has 19 atom stereocenters. The third kappa shape index (κ3) is 15.9. The number of halogens is 6. The van der Waals surface area contributed by atoms with Gasteiger partial charge in [-0.2, -0.15) is 34.8 Å². The van der Waals surface area contributed by atoms with Crippen LogP contribution in [0.15, 0.2) is 123 Å². The van der Waals surface area contributed by atoms with Crippen molar-refractivity contribution < 1.29 is 76.2 Å². The molecule has 3 aromatic carbocycles. The van der Waals surface area contributed by atoms with Crippen LogP contribution >= 0.6 is 0 Å². The summed E-state index contributed by atoms with van der Waals surface area (Å²) in [5.74, 6) is 6.73. The Labute approximate surface area is 562 Å². The number of allylic oxidation sites excluding steroid dienone is 2. The van der Waals surface area contributed by atoms with Gasteiger partial charge in [0.15, 0.2) is 30.9 Å². The minimum Gasteiger partial charge on any atom is -0.390 e. The quantitative estimate of drug-likeness (QED) is 0.0538. The minimum atomic E-state index is -4.98. The van der Waals surface area contributed by atoms with Crippen LogP contribution in [-0.2, 0) is 34.0 Å². The van der Waals surface area contributed by atoms with E-state index in [1.807, 2.05) is 25.1 Å². The van der Waals surface area contributed by atoms with Crippen LogP contribution in [0.25, 0.3) is 0 Å². The zero-order valence-electron chi connectivity index (χ0n) is 57.1. The Morgan fingerprint density at radius 1 is 0.558 bits per heavy atom. The fourth-order valence-electron chi connectivity index (χ4n) is 19.9. The molecule has 3 aromatic rings. The standard InChI is InChI=1S/C34H49F3O4S.C30H44O3S.C11H13F3O4S/c1-5-33(39)18-16-26-23(20-33)11-12-28-27(26)15-17-31(3)29(13-14-30(28)31)22(2)19-25(21-32(4,38)34(35,36)37)42(40,41)24-9-7-6-8-10-24;1-4-30(31)18-15-24-22(20-30)10-11-26-25(24)14-17-29(3)27(12-13-28(26)29)21(2)16-19-34(32,33)23-8-6-5-7-9-23;1-8-3-5-9(6-4-8)19(16,17)18-7-10(2,15)11(12,13)14/h6-11,22,25-30,38-39H,5,12-21H2,1-4H3;5-10,21,24-28,31H,4,11-20H2,1-3H3;3-6,15H,7H2,1-2H3/t22-,25?,26+,27-,28-,29-,30+,31-,32+,33+;21-,24+,25-,26-,27-,28+,29-,30+;10-/m110/s1. The van der Waals surface area contributed by atoms with Gasteiger partial charge in [0, 0.05) is 6.42 Å². The average Bonchev–Trinajstić information content (AvgIpc) is 1.67. The van der Waals surface area contributed by atoms with Crippen molar-refractivity contribution in [2.45, 2.75) is 252 Å². The molecule has 8 aliphatic rings. The highest BCUT2D eigenvalue weighted by Gasteiger charge is 2.60. The van der Waals surface area contributed by atoms with Gasteiger partial charge in [0.25, 0.3) is 10.1 Å². The Morgan fingerprint density at radius 3 is 1.44 bits per heavy atom. The van der Waals surface area contributed by atoms with Crippen molar-refractivity contribution in [2.24, 2.45) is 81.8 Å². The normalized spacial score (nSPS) is 34.5. The maximum atomic E-state index is 13.8. The largest absolute Gasteiger partial charge is 0.419 e. The molecule has 4 N–H and O–H groups in total. The van der Waals surface area contributed by atoms with Gasteiger partial charge in [-0.3, -0.25) is 4.18 Å². The molecule has 0 radical (unpaired) electrons. The van der Waals surface area contributed by atoms with Crippen molar-refractivity contribution in [3.8, 4) is 0 Å². The summed E-state index contributed by atoms with van der Waals surface area (Å²) in [6, 6.07) is 22.1. The number of alkyl halides is 6. The van der Waals surface area contributed by atoms with E-state index in [1.165, 1.54) is 74.1 Å². The van der Waals surface area contributed by atoms with Gasteiger partial charge in [0.05, 0.1) is 36.9 Å². The molecule has 0 saturated heterocycles. The molecule has 11 nitrogen and oxygen atoms in total. The minimum absolute atomic E-state index is 0.00319. The van der Waals surface area contributed by atoms with Crippen LogP contribution in [0.4, 0.5) is 26.3 Å². The number of rotatable bonds is 18. The first-order valence-electron chi connectivity index (χ1n) is 35.1. The number of aryl methyl sites for hydroxylation is 1. The summed E-state index contributed by atoms with van der Waals surface area (Å²) >= 11 is 0. The first-order chi connectivity index (χ1) is 44.1. The fraction of sp³-hybridized carbons (Fsp3) is 0.707. The molecule has 0 aliphatic heterocycles. The summed E-state index contributed by atoms with van der Waals surface area (Å²) in [5.41, 5.74) is -3.20. The van der Waals surface area contributed by atoms with Gasteiger partial charge in [-0.25, -0.2) is 16.8 Å². The molecular weight excluding hydrogens is 1290 g/mol. The number of hydrogen-bond donors (Lipinski definition) is 4. The first kappa shape index (κ1) is 75.6. The molecule has 6 saturated carbocycles. The van der Waals surface area contributed by atoms with Gasteiger partial charge in [0.1, 0.15) is 6.61 Å². The lowest BCUT2D eigenvalue weighted by Crippen LogP contribution is -2.49. The van der Waals surface area contributed by atoms with Crippen molar-refractivity contribution in [3.05, 3.63) is 114 Å². The molecule has 0 bridgehead atoms. The molecule has 1 unspecified atom stereocenters. The Hall–Kier alpha value is -3.63. The molecule has 95 heavy (non-hydrogen) atoms. The van der Waals surface area contributed by atoms with Gasteiger partial charge in [-0.15, -0.1) is 0 Å². The lowest BCUT2D eigenvalue weighted by atomic mass is 9.50. The van der Waals surface area contributed by atoms with Gasteiger partial charge in [0.2, 0.25) is 0 Å². The fourth-order valence-corrected chi connectivity index (χ4v) is 24.4. The van der Waals surface area contributed by atoms with E-state index < -0.39 is 82.8 Å². The van der Waals surface area contributed by atoms with Crippen molar-refractivity contribution >= 4 is 29.8 Å². The van der Waals surface area contributed by atoms with E-state index >= 15 is 0 Å². The summed E-state index contributed by atoms with van der Waals surface area (Å²) in [5, 5.41) is 40.0. The molecule has 0 aromatic heterocycles. The molecule has 0 heterocycles. The molecule has 11 rings (SSSR count). The van der Waals surface area contributed by atoms with Crippen molar-refractivity contribution in [1.29, 1.82) is 0 Å². The molecule has 532 valence electrons.